The molecule has 0 aromatic carbocycles. The molecule has 0 N–H and O–H groups in total. The maximum absolute atomic E-state index is 12.4. The molecule has 3 nitrogen and oxygen atoms in total. The Morgan fingerprint density at radius 2 is 2.00 bits per heavy atom. The Morgan fingerprint density at radius 1 is 1.42 bits per heavy atom. The highest BCUT2D eigenvalue weighted by Crippen LogP contribution is 2.24. The van der Waals surface area contributed by atoms with Gasteiger partial charge in [0.1, 0.15) is 0 Å². The number of hydrogen-bond donors (Lipinski definition) is 0. The first-order valence-electron chi connectivity index (χ1n) is 2.67. The van der Waals surface area contributed by atoms with E-state index in [0.717, 1.165) is 0 Å². The number of halogens is 3. The number of aromatic nitrogens is 1. The van der Waals surface area contributed by atoms with Gasteiger partial charge in [-0.15, -0.1) is 0 Å². The molecule has 0 atom stereocenters. The first-order chi connectivity index (χ1) is 5.41. The highest BCUT2D eigenvalue weighted by Gasteiger charge is 2.17. The van der Waals surface area contributed by atoms with Crippen LogP contribution in [0.1, 0.15) is 0 Å². The molecule has 0 aliphatic heterocycles. The van der Waals surface area contributed by atoms with Crippen molar-refractivity contribution >= 4 is 42.1 Å². The fourth-order valence-electron chi connectivity index (χ4n) is 0.581. The Hall–Kier alpha value is -0.0100. The van der Waals surface area contributed by atoms with E-state index in [9.17, 15) is 12.3 Å². The Labute approximate surface area is 85.5 Å². The minimum atomic E-state index is -4.73. The minimum Gasteiger partial charge on any atom is -0.240 e. The Balaban J connectivity index is 3.39. The summed E-state index contributed by atoms with van der Waals surface area (Å²) in [6.45, 7) is 0. The minimum absolute atomic E-state index is 0.0966. The molecule has 0 unspecified atom stereocenters. The van der Waals surface area contributed by atoms with Crippen LogP contribution in [0.25, 0.3) is 0 Å². The molecule has 0 saturated heterocycles. The summed E-state index contributed by atoms with van der Waals surface area (Å²) in [7, 11) is -4.73. The topological polar surface area (TPSA) is 47.0 Å². The lowest BCUT2D eigenvalue weighted by atomic mass is 10.5. The molecule has 66 valence electrons. The van der Waals surface area contributed by atoms with Crippen molar-refractivity contribution in [3.63, 3.8) is 0 Å². The molecule has 0 bridgehead atoms. The van der Waals surface area contributed by atoms with Gasteiger partial charge in [-0.2, -0.15) is 8.42 Å². The third-order valence-electron chi connectivity index (χ3n) is 1.01. The molecule has 0 aliphatic rings. The van der Waals surface area contributed by atoms with E-state index in [1.54, 1.807) is 0 Å². The lowest BCUT2D eigenvalue weighted by Gasteiger charge is -1.97. The van der Waals surface area contributed by atoms with Crippen LogP contribution in [0.4, 0.5) is 3.89 Å². The summed E-state index contributed by atoms with van der Waals surface area (Å²) in [6.07, 6.45) is 1.21. The summed E-state index contributed by atoms with van der Waals surface area (Å²) in [5, 5.41) is -0.606. The quantitative estimate of drug-likeness (QED) is 0.746. The number of rotatable bonds is 1. The SMILES string of the molecule is O=S(=O)(F)c1ncc(Br)cc1Br. The van der Waals surface area contributed by atoms with Crippen LogP contribution in [-0.2, 0) is 10.2 Å². The number of pyridine rings is 1. The van der Waals surface area contributed by atoms with Crippen LogP contribution in [0.2, 0.25) is 0 Å². The Bertz CT molecular complexity index is 406. The van der Waals surface area contributed by atoms with Crippen molar-refractivity contribution < 1.29 is 12.3 Å². The van der Waals surface area contributed by atoms with Crippen molar-refractivity contribution in [2.24, 2.45) is 0 Å². The summed E-state index contributed by atoms with van der Waals surface area (Å²) in [5.41, 5.74) is 0. The van der Waals surface area contributed by atoms with E-state index >= 15 is 0 Å². The largest absolute Gasteiger partial charge is 0.350 e. The first kappa shape index (κ1) is 10.1. The molecule has 0 fully saturated rings. The van der Waals surface area contributed by atoms with Gasteiger partial charge in [-0.25, -0.2) is 4.98 Å². The predicted octanol–water partition coefficient (Wildman–Crippen LogP) is 2.26. The molecular formula is C5H2Br2FNO2S. The smallest absolute Gasteiger partial charge is 0.240 e. The lowest BCUT2D eigenvalue weighted by Crippen LogP contribution is -1.96. The van der Waals surface area contributed by atoms with Gasteiger partial charge in [0.15, 0.2) is 0 Å². The molecular weight excluding hydrogens is 317 g/mol. The van der Waals surface area contributed by atoms with Gasteiger partial charge in [0.05, 0.1) is 4.47 Å². The van der Waals surface area contributed by atoms with Crippen LogP contribution in [0.15, 0.2) is 26.2 Å². The molecule has 1 rings (SSSR count). The average molecular weight is 319 g/mol. The molecule has 0 spiro atoms. The van der Waals surface area contributed by atoms with Crippen LogP contribution in [0.5, 0.6) is 0 Å². The van der Waals surface area contributed by atoms with Crippen LogP contribution in [-0.4, -0.2) is 13.4 Å². The van der Waals surface area contributed by atoms with Gasteiger partial charge in [0.25, 0.3) is 0 Å². The van der Waals surface area contributed by atoms with Crippen molar-refractivity contribution in [2.45, 2.75) is 5.03 Å². The Kier molecular flexibility index (Phi) is 2.84. The monoisotopic (exact) mass is 317 g/mol. The maximum atomic E-state index is 12.4. The molecule has 1 aromatic rings. The van der Waals surface area contributed by atoms with Gasteiger partial charge in [0.2, 0.25) is 5.03 Å². The van der Waals surface area contributed by atoms with Gasteiger partial charge < -0.3 is 0 Å². The van der Waals surface area contributed by atoms with Crippen LogP contribution in [0, 0.1) is 0 Å². The maximum Gasteiger partial charge on any atom is 0.350 e. The van der Waals surface area contributed by atoms with Crippen LogP contribution < -0.4 is 0 Å². The summed E-state index contributed by atoms with van der Waals surface area (Å²) in [6, 6.07) is 1.40. The highest BCUT2D eigenvalue weighted by molar-refractivity contribution is 9.11. The van der Waals surface area contributed by atoms with E-state index in [1.807, 2.05) is 0 Å². The molecule has 0 aliphatic carbocycles. The van der Waals surface area contributed by atoms with Crippen molar-refractivity contribution in [3.8, 4) is 0 Å². The fraction of sp³-hybridized carbons (Fsp3) is 0. The molecule has 1 aromatic heterocycles. The summed E-state index contributed by atoms with van der Waals surface area (Å²) in [5.74, 6) is 0. The average Bonchev–Trinajstić information content (AvgIpc) is 1.83. The van der Waals surface area contributed by atoms with Crippen molar-refractivity contribution in [1.29, 1.82) is 0 Å². The molecule has 12 heavy (non-hydrogen) atoms. The van der Waals surface area contributed by atoms with E-state index in [1.165, 1.54) is 12.3 Å². The number of nitrogens with zero attached hydrogens (tertiary/aromatic N) is 1. The Morgan fingerprint density at radius 3 is 2.42 bits per heavy atom. The van der Waals surface area contributed by atoms with E-state index in [4.69, 9.17) is 0 Å². The highest BCUT2D eigenvalue weighted by atomic mass is 79.9. The van der Waals surface area contributed by atoms with Gasteiger partial charge in [-0.05, 0) is 37.9 Å². The third-order valence-corrected chi connectivity index (χ3v) is 3.09. The predicted molar refractivity (Wildman–Crippen MR) is 47.9 cm³/mol. The third kappa shape index (κ3) is 2.24. The zero-order valence-electron chi connectivity index (χ0n) is 5.46. The van der Waals surface area contributed by atoms with E-state index in [2.05, 4.69) is 36.8 Å². The normalized spacial score (nSPS) is 11.6. The molecule has 1 heterocycles. The number of hydrogen-bond acceptors (Lipinski definition) is 3. The second-order valence-electron chi connectivity index (χ2n) is 1.88. The first-order valence-corrected chi connectivity index (χ1v) is 5.64. The van der Waals surface area contributed by atoms with Gasteiger partial charge in [-0.1, -0.05) is 3.89 Å². The van der Waals surface area contributed by atoms with E-state index < -0.39 is 15.2 Å². The van der Waals surface area contributed by atoms with Crippen molar-refractivity contribution in [1.82, 2.24) is 4.98 Å². The van der Waals surface area contributed by atoms with E-state index in [-0.39, 0.29) is 4.47 Å². The fourth-order valence-corrected chi connectivity index (χ4v) is 2.62. The molecule has 7 heteroatoms. The van der Waals surface area contributed by atoms with Crippen molar-refractivity contribution in [2.75, 3.05) is 0 Å². The van der Waals surface area contributed by atoms with E-state index in [0.29, 0.717) is 4.47 Å². The zero-order valence-corrected chi connectivity index (χ0v) is 9.45. The van der Waals surface area contributed by atoms with Gasteiger partial charge in [-0.3, -0.25) is 0 Å². The zero-order chi connectivity index (χ0) is 9.35. The second-order valence-corrected chi connectivity index (χ2v) is 4.91. The van der Waals surface area contributed by atoms with Crippen LogP contribution >= 0.6 is 31.9 Å². The van der Waals surface area contributed by atoms with Crippen LogP contribution in [0.3, 0.4) is 0 Å². The molecule has 0 saturated carbocycles. The van der Waals surface area contributed by atoms with Gasteiger partial charge >= 0.3 is 10.2 Å². The summed E-state index contributed by atoms with van der Waals surface area (Å²) >= 11 is 5.92. The standard InChI is InChI=1S/C5H2Br2FNO2S/c6-3-1-4(7)5(9-2-3)12(8,10)11/h1-2H. The summed E-state index contributed by atoms with van der Waals surface area (Å²) in [4.78, 5) is 3.39. The molecule has 0 radical (unpaired) electrons. The van der Waals surface area contributed by atoms with Crippen molar-refractivity contribution in [3.05, 3.63) is 21.2 Å². The molecule has 0 amide bonds. The lowest BCUT2D eigenvalue weighted by molar-refractivity contribution is 0.547. The summed E-state index contributed by atoms with van der Waals surface area (Å²) < 4.78 is 33.8. The second kappa shape index (κ2) is 3.39. The van der Waals surface area contributed by atoms with Gasteiger partial charge in [0, 0.05) is 10.7 Å².